The maximum atomic E-state index is 10.9. The van der Waals surface area contributed by atoms with Crippen molar-refractivity contribution in [1.82, 2.24) is 15.1 Å². The van der Waals surface area contributed by atoms with Crippen molar-refractivity contribution in [2.75, 3.05) is 0 Å². The first-order chi connectivity index (χ1) is 13.1. The summed E-state index contributed by atoms with van der Waals surface area (Å²) >= 11 is 2.26. The van der Waals surface area contributed by atoms with Crippen molar-refractivity contribution in [2.24, 2.45) is 0 Å². The number of tetrazole rings is 1. The Morgan fingerprint density at radius 3 is 2.21 bits per heavy atom. The Kier molecular flexibility index (Phi) is 6.00. The molecule has 0 aliphatic heterocycles. The van der Waals surface area contributed by atoms with E-state index in [0.717, 1.165) is 14.8 Å². The Balaban J connectivity index is 0.00000225. The van der Waals surface area contributed by atoms with Gasteiger partial charge < -0.3 is 12.4 Å². The highest BCUT2D eigenvalue weighted by Crippen LogP contribution is 2.19. The standard InChI is InChI=1S/C19H13IN5O2.ClH/c20-17-8-4-5-9-18(17)23-19(14-6-2-1-3-7-14)21-24(22-23)15-10-12-16(13-11-15)25(26)27;/h1-13H;1H/q+1;/p-1. The SMILES string of the molecule is O=[N+]([O-])c1ccc(-n2nc(-c3ccccc3)[n+](-c3ccccc3I)n2)cc1.[Cl-]. The summed E-state index contributed by atoms with van der Waals surface area (Å²) in [5.41, 5.74) is 2.50. The van der Waals surface area contributed by atoms with Crippen molar-refractivity contribution in [2.45, 2.75) is 0 Å². The third-order valence-corrected chi connectivity index (χ3v) is 4.88. The molecule has 0 saturated heterocycles. The van der Waals surface area contributed by atoms with Crippen LogP contribution in [-0.2, 0) is 0 Å². The number of rotatable bonds is 4. The number of nitro benzene ring substituents is 1. The number of non-ortho nitro benzene ring substituents is 1. The number of para-hydroxylation sites is 1. The Morgan fingerprint density at radius 1 is 0.929 bits per heavy atom. The Hall–Kier alpha value is -2.85. The van der Waals surface area contributed by atoms with Crippen LogP contribution in [0.25, 0.3) is 22.8 Å². The Bertz CT molecular complexity index is 1120. The van der Waals surface area contributed by atoms with E-state index in [9.17, 15) is 10.1 Å². The van der Waals surface area contributed by atoms with Gasteiger partial charge in [0.25, 0.3) is 5.69 Å². The van der Waals surface area contributed by atoms with Gasteiger partial charge in [0.1, 0.15) is 5.69 Å². The van der Waals surface area contributed by atoms with E-state index in [4.69, 9.17) is 0 Å². The largest absolute Gasteiger partial charge is 1.00 e. The molecular formula is C19H13ClIN5O2. The molecule has 0 unspecified atom stereocenters. The second kappa shape index (κ2) is 8.44. The van der Waals surface area contributed by atoms with E-state index in [1.807, 2.05) is 54.6 Å². The van der Waals surface area contributed by atoms with Gasteiger partial charge >= 0.3 is 5.82 Å². The minimum Gasteiger partial charge on any atom is -1.00 e. The molecule has 7 nitrogen and oxygen atoms in total. The number of hydrogen-bond donors (Lipinski definition) is 0. The molecule has 0 radical (unpaired) electrons. The fourth-order valence-electron chi connectivity index (χ4n) is 2.65. The lowest BCUT2D eigenvalue weighted by Gasteiger charge is -2.00. The zero-order valence-electron chi connectivity index (χ0n) is 14.3. The lowest BCUT2D eigenvalue weighted by atomic mass is 10.2. The van der Waals surface area contributed by atoms with Gasteiger partial charge in [-0.25, -0.2) is 0 Å². The molecule has 4 rings (SSSR count). The van der Waals surface area contributed by atoms with E-state index in [-0.39, 0.29) is 18.1 Å². The first-order valence-electron chi connectivity index (χ1n) is 8.08. The van der Waals surface area contributed by atoms with Gasteiger partial charge in [0.2, 0.25) is 0 Å². The summed E-state index contributed by atoms with van der Waals surface area (Å²) in [4.78, 5) is 11.9. The van der Waals surface area contributed by atoms with Crippen molar-refractivity contribution >= 4 is 28.3 Å². The summed E-state index contributed by atoms with van der Waals surface area (Å²) < 4.78 is 2.81. The van der Waals surface area contributed by atoms with Crippen LogP contribution >= 0.6 is 22.6 Å². The van der Waals surface area contributed by atoms with Gasteiger partial charge in [-0.3, -0.25) is 10.1 Å². The maximum absolute atomic E-state index is 10.9. The van der Waals surface area contributed by atoms with Gasteiger partial charge in [0.15, 0.2) is 5.69 Å². The van der Waals surface area contributed by atoms with Crippen LogP contribution in [0, 0.1) is 13.7 Å². The molecule has 3 aromatic carbocycles. The highest BCUT2D eigenvalue weighted by Gasteiger charge is 2.25. The van der Waals surface area contributed by atoms with Crippen LogP contribution < -0.4 is 17.1 Å². The van der Waals surface area contributed by atoms with Crippen LogP contribution in [0.15, 0.2) is 78.9 Å². The second-order valence-electron chi connectivity index (χ2n) is 5.71. The maximum Gasteiger partial charge on any atom is 0.335 e. The van der Waals surface area contributed by atoms with Crippen LogP contribution in [-0.4, -0.2) is 20.0 Å². The summed E-state index contributed by atoms with van der Waals surface area (Å²) in [6.45, 7) is 0. The molecule has 0 amide bonds. The molecule has 1 heterocycles. The summed E-state index contributed by atoms with van der Waals surface area (Å²) in [5.74, 6) is 0.679. The molecule has 0 bridgehead atoms. The monoisotopic (exact) mass is 505 g/mol. The number of nitro groups is 1. The molecule has 0 fully saturated rings. The predicted molar refractivity (Wildman–Crippen MR) is 108 cm³/mol. The van der Waals surface area contributed by atoms with Gasteiger partial charge in [-0.15, -0.1) is 0 Å². The molecule has 0 N–H and O–H groups in total. The van der Waals surface area contributed by atoms with E-state index < -0.39 is 4.92 Å². The van der Waals surface area contributed by atoms with Crippen molar-refractivity contribution < 1.29 is 22.0 Å². The normalized spacial score (nSPS) is 10.3. The summed E-state index contributed by atoms with van der Waals surface area (Å²) in [5, 5.41) is 20.1. The third-order valence-electron chi connectivity index (χ3n) is 3.97. The first kappa shape index (κ1) is 19.9. The van der Waals surface area contributed by atoms with E-state index >= 15 is 0 Å². The Labute approximate surface area is 180 Å². The molecule has 0 saturated carbocycles. The number of aromatic nitrogens is 4. The quantitative estimate of drug-likeness (QED) is 0.177. The van der Waals surface area contributed by atoms with Crippen LogP contribution in [0.2, 0.25) is 0 Å². The van der Waals surface area contributed by atoms with Crippen molar-refractivity contribution in [3.63, 3.8) is 0 Å². The number of hydrogen-bond acceptors (Lipinski definition) is 4. The lowest BCUT2D eigenvalue weighted by Crippen LogP contribution is -3.00. The first-order valence-corrected chi connectivity index (χ1v) is 9.16. The fraction of sp³-hybridized carbons (Fsp3) is 0. The van der Waals surface area contributed by atoms with Gasteiger partial charge in [-0.2, -0.15) is 0 Å². The molecule has 140 valence electrons. The average molecular weight is 506 g/mol. The number of halogens is 2. The summed E-state index contributed by atoms with van der Waals surface area (Å²) in [7, 11) is 0. The van der Waals surface area contributed by atoms with E-state index in [1.165, 1.54) is 16.9 Å². The van der Waals surface area contributed by atoms with Gasteiger partial charge in [-0.1, -0.05) is 35.0 Å². The molecule has 0 spiro atoms. The molecule has 28 heavy (non-hydrogen) atoms. The molecule has 9 heteroatoms. The zero-order chi connectivity index (χ0) is 18.8. The van der Waals surface area contributed by atoms with Crippen LogP contribution in [0.4, 0.5) is 5.69 Å². The molecule has 4 aromatic rings. The van der Waals surface area contributed by atoms with E-state index in [0.29, 0.717) is 11.5 Å². The molecule has 0 atom stereocenters. The number of nitrogens with zero attached hydrogens (tertiary/aromatic N) is 5. The fourth-order valence-corrected chi connectivity index (χ4v) is 3.27. The third kappa shape index (κ3) is 3.87. The minimum absolute atomic E-state index is 0. The van der Waals surface area contributed by atoms with E-state index in [1.54, 1.807) is 16.8 Å². The highest BCUT2D eigenvalue weighted by molar-refractivity contribution is 14.1. The van der Waals surface area contributed by atoms with Gasteiger partial charge in [0.05, 0.1) is 24.4 Å². The minimum atomic E-state index is -0.428. The van der Waals surface area contributed by atoms with Gasteiger partial charge in [0, 0.05) is 16.9 Å². The van der Waals surface area contributed by atoms with Crippen molar-refractivity contribution in [1.29, 1.82) is 0 Å². The van der Waals surface area contributed by atoms with E-state index in [2.05, 4.69) is 32.9 Å². The zero-order valence-corrected chi connectivity index (χ0v) is 17.2. The van der Waals surface area contributed by atoms with Crippen LogP contribution in [0.3, 0.4) is 0 Å². The highest BCUT2D eigenvalue weighted by atomic mass is 127. The molecular weight excluding hydrogens is 493 g/mol. The average Bonchev–Trinajstić information content (AvgIpc) is 3.14. The van der Waals surface area contributed by atoms with Crippen molar-refractivity contribution in [3.05, 3.63) is 92.5 Å². The summed E-state index contributed by atoms with van der Waals surface area (Å²) in [6, 6.07) is 23.8. The smallest absolute Gasteiger partial charge is 0.335 e. The van der Waals surface area contributed by atoms with Gasteiger partial charge in [-0.05, 0) is 59.0 Å². The molecule has 1 aromatic heterocycles. The number of benzene rings is 3. The van der Waals surface area contributed by atoms with Crippen molar-refractivity contribution in [3.8, 4) is 22.8 Å². The van der Waals surface area contributed by atoms with Crippen LogP contribution in [0.1, 0.15) is 0 Å². The predicted octanol–water partition coefficient (Wildman–Crippen LogP) is 0.728. The van der Waals surface area contributed by atoms with Crippen LogP contribution in [0.5, 0.6) is 0 Å². The molecule has 0 aliphatic carbocycles. The Morgan fingerprint density at radius 2 is 1.57 bits per heavy atom. The lowest BCUT2D eigenvalue weighted by molar-refractivity contribution is -0.651. The topological polar surface area (TPSA) is 77.7 Å². The molecule has 0 aliphatic rings. The second-order valence-corrected chi connectivity index (χ2v) is 6.87. The summed E-state index contributed by atoms with van der Waals surface area (Å²) in [6.07, 6.45) is 0.